The van der Waals surface area contributed by atoms with Gasteiger partial charge in [0.15, 0.2) is 5.60 Å². The van der Waals surface area contributed by atoms with Gasteiger partial charge in [0, 0.05) is 12.5 Å². The summed E-state index contributed by atoms with van der Waals surface area (Å²) >= 11 is 0. The number of likely N-dealkylation sites (tertiary alicyclic amines) is 1. The molecule has 2 aliphatic heterocycles. The molecule has 1 amide bonds. The van der Waals surface area contributed by atoms with E-state index in [4.69, 9.17) is 9.47 Å². The lowest BCUT2D eigenvalue weighted by atomic mass is 9.64. The van der Waals surface area contributed by atoms with Gasteiger partial charge in [-0.15, -0.1) is 0 Å². The van der Waals surface area contributed by atoms with Crippen LogP contribution < -0.4 is 4.74 Å². The molecule has 3 aliphatic rings. The molecule has 2 heterocycles. The number of aliphatic hydroxyl groups excluding tert-OH is 1. The summed E-state index contributed by atoms with van der Waals surface area (Å²) in [4.78, 5) is 28.7. The first-order valence-corrected chi connectivity index (χ1v) is 12.4. The number of aliphatic hydroxyl groups is 1. The van der Waals surface area contributed by atoms with E-state index in [0.717, 1.165) is 56.3 Å². The first-order chi connectivity index (χ1) is 15.9. The van der Waals surface area contributed by atoms with Gasteiger partial charge in [-0.1, -0.05) is 56.9 Å². The number of allylic oxidation sites excluding steroid dienone is 1. The smallest absolute Gasteiger partial charge is 0.339 e. The molecule has 6 nitrogen and oxygen atoms in total. The minimum atomic E-state index is -1.36. The number of unbranched alkanes of at least 4 members (excludes halogenated alkanes) is 3. The molecule has 2 fully saturated rings. The van der Waals surface area contributed by atoms with Crippen molar-refractivity contribution in [2.45, 2.75) is 89.0 Å². The summed E-state index contributed by atoms with van der Waals surface area (Å²) in [5.74, 6) is -0.442. The van der Waals surface area contributed by atoms with Gasteiger partial charge < -0.3 is 19.5 Å². The zero-order valence-electron chi connectivity index (χ0n) is 20.1. The number of hydrogen-bond acceptors (Lipinski definition) is 5. The van der Waals surface area contributed by atoms with Crippen LogP contribution in [0.3, 0.4) is 0 Å². The Labute approximate surface area is 196 Å². The molecule has 0 aromatic heterocycles. The minimum absolute atomic E-state index is 0.0884. The Bertz CT molecular complexity index is 896. The van der Waals surface area contributed by atoms with Gasteiger partial charge in [-0.25, -0.2) is 4.79 Å². The molecule has 2 saturated heterocycles. The summed E-state index contributed by atoms with van der Waals surface area (Å²) in [5.41, 5.74) is -1.49. The van der Waals surface area contributed by atoms with E-state index >= 15 is 0 Å². The predicted octanol–water partition coefficient (Wildman–Crippen LogP) is 4.40. The van der Waals surface area contributed by atoms with Crippen molar-refractivity contribution in [2.24, 2.45) is 11.8 Å². The van der Waals surface area contributed by atoms with Crippen molar-refractivity contribution in [1.29, 1.82) is 0 Å². The largest absolute Gasteiger partial charge is 0.497 e. The van der Waals surface area contributed by atoms with Gasteiger partial charge in [0.05, 0.1) is 19.1 Å². The topological polar surface area (TPSA) is 76.1 Å². The van der Waals surface area contributed by atoms with E-state index in [0.29, 0.717) is 6.42 Å². The quantitative estimate of drug-likeness (QED) is 0.322. The van der Waals surface area contributed by atoms with Crippen molar-refractivity contribution >= 4 is 11.9 Å². The summed E-state index contributed by atoms with van der Waals surface area (Å²) in [5, 5.41) is 11.7. The van der Waals surface area contributed by atoms with E-state index in [2.05, 4.69) is 13.0 Å². The number of carbonyl (C=O) groups excluding carboxylic acids is 2. The summed E-state index contributed by atoms with van der Waals surface area (Å²) in [6, 6.07) is 7.51. The second-order valence-corrected chi connectivity index (χ2v) is 9.91. The lowest BCUT2D eigenvalue weighted by Crippen LogP contribution is -2.80. The van der Waals surface area contributed by atoms with Crippen molar-refractivity contribution in [3.05, 3.63) is 42.0 Å². The number of rotatable bonds is 10. The maximum atomic E-state index is 13.8. The average molecular weight is 456 g/mol. The van der Waals surface area contributed by atoms with E-state index < -0.39 is 29.1 Å². The Morgan fingerprint density at radius 3 is 2.58 bits per heavy atom. The van der Waals surface area contributed by atoms with Crippen LogP contribution >= 0.6 is 0 Å². The molecule has 0 bridgehead atoms. The third-order valence-electron chi connectivity index (χ3n) is 8.00. The Morgan fingerprint density at radius 2 is 1.97 bits per heavy atom. The lowest BCUT2D eigenvalue weighted by molar-refractivity contribution is -0.256. The number of amides is 1. The van der Waals surface area contributed by atoms with Gasteiger partial charge >= 0.3 is 5.97 Å². The molecule has 33 heavy (non-hydrogen) atoms. The van der Waals surface area contributed by atoms with Crippen LogP contribution in [-0.2, 0) is 20.9 Å². The second-order valence-electron chi connectivity index (χ2n) is 9.91. The maximum Gasteiger partial charge on any atom is 0.339 e. The zero-order chi connectivity index (χ0) is 23.6. The van der Waals surface area contributed by atoms with Crippen molar-refractivity contribution in [1.82, 2.24) is 4.90 Å². The molecular weight excluding hydrogens is 418 g/mol. The van der Waals surface area contributed by atoms with Crippen LogP contribution in [-0.4, -0.2) is 46.2 Å². The summed E-state index contributed by atoms with van der Waals surface area (Å²) < 4.78 is 11.1. The Morgan fingerprint density at radius 1 is 1.21 bits per heavy atom. The first-order valence-electron chi connectivity index (χ1n) is 12.4. The van der Waals surface area contributed by atoms with Crippen LogP contribution in [0, 0.1) is 11.8 Å². The maximum absolute atomic E-state index is 13.8. The van der Waals surface area contributed by atoms with Crippen LogP contribution in [0.4, 0.5) is 0 Å². The van der Waals surface area contributed by atoms with Crippen molar-refractivity contribution in [3.63, 3.8) is 0 Å². The number of hydrogen-bond donors (Lipinski definition) is 1. The molecule has 1 N–H and O–H groups in total. The highest BCUT2D eigenvalue weighted by molar-refractivity contribution is 6.02. The average Bonchev–Trinajstić information content (AvgIpc) is 2.97. The fourth-order valence-electron chi connectivity index (χ4n) is 6.09. The Balaban J connectivity index is 1.70. The van der Waals surface area contributed by atoms with E-state index in [1.165, 1.54) is 0 Å². The lowest BCUT2D eigenvalue weighted by Gasteiger charge is -2.57. The Hall–Kier alpha value is -2.34. The van der Waals surface area contributed by atoms with Gasteiger partial charge in [0.25, 0.3) is 0 Å². The molecule has 0 radical (unpaired) electrons. The highest BCUT2D eigenvalue weighted by Crippen LogP contribution is 2.58. The number of benzene rings is 1. The highest BCUT2D eigenvalue weighted by atomic mass is 16.6. The molecule has 6 heteroatoms. The fraction of sp³-hybridized carbons (Fsp3) is 0.630. The number of nitrogens with zero attached hydrogens (tertiary/aromatic N) is 1. The standard InChI is InChI=1S/C27H37NO5/c1-4-5-6-10-13-22-24(30)28(18-19-14-16-21(32-3)17-15-19)27(25(31)33-26(22,27)2)23(29)20-11-8-7-9-12-20/h8,11,14-17,20,22-23,29H,4-7,9-10,12-13,18H2,1-3H3/t20-,22-,23+,26?,27?/m1/s1. The summed E-state index contributed by atoms with van der Waals surface area (Å²) in [6.45, 7) is 4.28. The molecule has 4 rings (SSSR count). The molecule has 1 aromatic rings. The van der Waals surface area contributed by atoms with E-state index in [-0.39, 0.29) is 18.4 Å². The van der Waals surface area contributed by atoms with Crippen LogP contribution in [0.25, 0.3) is 0 Å². The number of ether oxygens (including phenoxy) is 2. The van der Waals surface area contributed by atoms with E-state index in [1.807, 2.05) is 37.3 Å². The van der Waals surface area contributed by atoms with E-state index in [1.54, 1.807) is 12.0 Å². The van der Waals surface area contributed by atoms with Crippen LogP contribution in [0.5, 0.6) is 5.75 Å². The third-order valence-corrected chi connectivity index (χ3v) is 8.00. The number of esters is 1. The van der Waals surface area contributed by atoms with Crippen LogP contribution in [0.15, 0.2) is 36.4 Å². The van der Waals surface area contributed by atoms with Crippen molar-refractivity contribution in [2.75, 3.05) is 7.11 Å². The van der Waals surface area contributed by atoms with Gasteiger partial charge in [0.1, 0.15) is 5.75 Å². The van der Waals surface area contributed by atoms with Crippen LogP contribution in [0.1, 0.15) is 70.8 Å². The molecule has 0 spiro atoms. The van der Waals surface area contributed by atoms with Gasteiger partial charge in [-0.05, 0) is 50.3 Å². The van der Waals surface area contributed by atoms with Crippen molar-refractivity contribution < 1.29 is 24.2 Å². The molecule has 1 aliphatic carbocycles. The number of methoxy groups -OCH3 is 1. The SMILES string of the molecule is CCCCCC[C@@H]1C(=O)N(Cc2ccc(OC)cc2)C2([C@@H](O)[C@@H]3C=CCCC3)C(=O)OC12C. The van der Waals surface area contributed by atoms with Gasteiger partial charge in [0.2, 0.25) is 11.4 Å². The monoisotopic (exact) mass is 455 g/mol. The number of fused-ring (bicyclic) bond motifs is 1. The van der Waals surface area contributed by atoms with Gasteiger partial charge in [-0.3, -0.25) is 4.79 Å². The minimum Gasteiger partial charge on any atom is -0.497 e. The highest BCUT2D eigenvalue weighted by Gasteiger charge is 2.82. The van der Waals surface area contributed by atoms with Gasteiger partial charge in [-0.2, -0.15) is 0 Å². The number of carbonyl (C=O) groups is 2. The fourth-order valence-corrected chi connectivity index (χ4v) is 6.09. The molecule has 5 atom stereocenters. The third kappa shape index (κ3) is 3.76. The normalized spacial score (nSPS) is 31.7. The second kappa shape index (κ2) is 9.49. The summed E-state index contributed by atoms with van der Waals surface area (Å²) in [7, 11) is 1.61. The first kappa shape index (κ1) is 23.8. The summed E-state index contributed by atoms with van der Waals surface area (Å²) in [6.07, 6.45) is 10.7. The molecule has 1 aromatic carbocycles. The van der Waals surface area contributed by atoms with E-state index in [9.17, 15) is 14.7 Å². The molecular formula is C27H37NO5. The van der Waals surface area contributed by atoms with Crippen molar-refractivity contribution in [3.8, 4) is 5.75 Å². The van der Waals surface area contributed by atoms with Crippen LogP contribution in [0.2, 0.25) is 0 Å². The zero-order valence-corrected chi connectivity index (χ0v) is 20.1. The molecule has 180 valence electrons. The predicted molar refractivity (Wildman–Crippen MR) is 126 cm³/mol. The molecule has 2 unspecified atom stereocenters. The Kier molecular flexibility index (Phi) is 6.85. The molecule has 0 saturated carbocycles.